The van der Waals surface area contributed by atoms with Crippen LogP contribution in [-0.4, -0.2) is 23.4 Å². The summed E-state index contributed by atoms with van der Waals surface area (Å²) in [6.07, 6.45) is 4.73. The lowest BCUT2D eigenvalue weighted by atomic mass is 10.1. The van der Waals surface area contributed by atoms with E-state index >= 15 is 0 Å². The molecule has 0 aliphatic carbocycles. The Balaban J connectivity index is 2.23. The Kier molecular flexibility index (Phi) is 0.754. The summed E-state index contributed by atoms with van der Waals surface area (Å²) in [5.41, 5.74) is 0. The number of aliphatic hydroxyl groups excluding tert-OH is 1. The third-order valence-corrected chi connectivity index (χ3v) is 1.70. The molecule has 0 unspecified atom stereocenters. The summed E-state index contributed by atoms with van der Waals surface area (Å²) >= 11 is 0. The number of hydrogen-bond acceptors (Lipinski definition) is 2. The summed E-state index contributed by atoms with van der Waals surface area (Å²) in [7, 11) is 0. The fourth-order valence-corrected chi connectivity index (χ4v) is 1.25. The predicted octanol–water partition coefficient (Wildman–Crippen LogP) is 0.0746. The highest BCUT2D eigenvalue weighted by Crippen LogP contribution is 2.27. The minimum Gasteiger partial charge on any atom is -0.390 e. The van der Waals surface area contributed by atoms with Crippen LogP contribution in [0.1, 0.15) is 6.42 Å². The largest absolute Gasteiger partial charge is 0.390 e. The van der Waals surface area contributed by atoms with Gasteiger partial charge in [0, 0.05) is 6.42 Å². The van der Waals surface area contributed by atoms with Gasteiger partial charge in [-0.05, 0) is 0 Å². The molecule has 2 bridgehead atoms. The maximum Gasteiger partial charge on any atom is 0.102 e. The zero-order chi connectivity index (χ0) is 5.56. The fourth-order valence-electron chi connectivity index (χ4n) is 1.25. The summed E-state index contributed by atoms with van der Waals surface area (Å²) in [4.78, 5) is 0. The van der Waals surface area contributed by atoms with Crippen LogP contribution in [0.2, 0.25) is 0 Å². The van der Waals surface area contributed by atoms with Crippen LogP contribution in [0, 0.1) is 0 Å². The van der Waals surface area contributed by atoms with Crippen molar-refractivity contribution in [1.82, 2.24) is 0 Å². The minimum absolute atomic E-state index is 0.0139. The van der Waals surface area contributed by atoms with E-state index in [2.05, 4.69) is 0 Å². The smallest absolute Gasteiger partial charge is 0.102 e. The highest BCUT2D eigenvalue weighted by atomic mass is 16.5. The van der Waals surface area contributed by atoms with Gasteiger partial charge in [0.25, 0.3) is 0 Å². The van der Waals surface area contributed by atoms with Crippen molar-refractivity contribution < 1.29 is 9.84 Å². The lowest BCUT2D eigenvalue weighted by molar-refractivity contribution is 0.0699. The van der Waals surface area contributed by atoms with Crippen LogP contribution in [0.5, 0.6) is 0 Å². The van der Waals surface area contributed by atoms with Crippen molar-refractivity contribution in [2.45, 2.75) is 24.7 Å². The zero-order valence-electron chi connectivity index (χ0n) is 4.45. The monoisotopic (exact) mass is 112 g/mol. The second-order valence-corrected chi connectivity index (χ2v) is 2.33. The molecule has 1 N–H and O–H groups in total. The van der Waals surface area contributed by atoms with Crippen molar-refractivity contribution in [3.63, 3.8) is 0 Å². The Morgan fingerprint density at radius 2 is 2.38 bits per heavy atom. The highest BCUT2D eigenvalue weighted by molar-refractivity contribution is 5.11. The third-order valence-electron chi connectivity index (χ3n) is 1.70. The van der Waals surface area contributed by atoms with E-state index in [0.717, 1.165) is 6.42 Å². The molecule has 0 aromatic rings. The topological polar surface area (TPSA) is 29.5 Å². The van der Waals surface area contributed by atoms with E-state index in [1.54, 1.807) is 0 Å². The molecule has 44 valence electrons. The van der Waals surface area contributed by atoms with Crippen molar-refractivity contribution >= 4 is 0 Å². The Bertz CT molecular complexity index is 130. The molecule has 2 rings (SSSR count). The van der Waals surface area contributed by atoms with Crippen molar-refractivity contribution in [3.8, 4) is 0 Å². The van der Waals surface area contributed by atoms with Crippen LogP contribution in [0.4, 0.5) is 0 Å². The van der Waals surface area contributed by atoms with Gasteiger partial charge in [0.2, 0.25) is 0 Å². The van der Waals surface area contributed by atoms with Crippen molar-refractivity contribution in [1.29, 1.82) is 0 Å². The molecular formula is C6H8O2. The molecule has 2 nitrogen and oxygen atoms in total. The Labute approximate surface area is 47.8 Å². The summed E-state index contributed by atoms with van der Waals surface area (Å²) in [5, 5.41) is 9.04. The van der Waals surface area contributed by atoms with Gasteiger partial charge in [0.05, 0.1) is 12.2 Å². The molecule has 0 aromatic carbocycles. The summed E-state index contributed by atoms with van der Waals surface area (Å²) < 4.78 is 5.22. The first-order valence-electron chi connectivity index (χ1n) is 2.88. The zero-order valence-corrected chi connectivity index (χ0v) is 4.45. The normalized spacial score (nSPS) is 50.9. The van der Waals surface area contributed by atoms with Crippen LogP contribution >= 0.6 is 0 Å². The van der Waals surface area contributed by atoms with E-state index in [-0.39, 0.29) is 18.3 Å². The van der Waals surface area contributed by atoms with Crippen molar-refractivity contribution in [3.05, 3.63) is 12.2 Å². The standard InChI is InChI=1S/C6H8O2/c7-5-3-4-1-2-6(5)8-4/h1-2,4-7H,3H2/t4-,5+,6+/m0/s1. The van der Waals surface area contributed by atoms with Gasteiger partial charge in [0.1, 0.15) is 6.10 Å². The second-order valence-electron chi connectivity index (χ2n) is 2.33. The van der Waals surface area contributed by atoms with Gasteiger partial charge in [-0.3, -0.25) is 0 Å². The fraction of sp³-hybridized carbons (Fsp3) is 0.667. The molecule has 0 amide bonds. The molecular weight excluding hydrogens is 104 g/mol. The van der Waals surface area contributed by atoms with Gasteiger partial charge in [-0.1, -0.05) is 12.2 Å². The number of hydrogen-bond donors (Lipinski definition) is 1. The Morgan fingerprint density at radius 3 is 2.62 bits per heavy atom. The van der Waals surface area contributed by atoms with E-state index in [0.29, 0.717) is 0 Å². The number of fused-ring (bicyclic) bond motifs is 2. The first-order valence-corrected chi connectivity index (χ1v) is 2.88. The minimum atomic E-state index is -0.231. The molecule has 3 atom stereocenters. The number of ether oxygens (including phenoxy) is 1. The SMILES string of the molecule is O[C@@H]1C[C@@H]2C=C[C@H]1O2. The quantitative estimate of drug-likeness (QED) is 0.449. The first kappa shape index (κ1) is 4.53. The summed E-state index contributed by atoms with van der Waals surface area (Å²) in [6.45, 7) is 0. The summed E-state index contributed by atoms with van der Waals surface area (Å²) in [6, 6.07) is 0. The van der Waals surface area contributed by atoms with Crippen LogP contribution in [-0.2, 0) is 4.74 Å². The molecule has 0 saturated carbocycles. The molecule has 0 aromatic heterocycles. The van der Waals surface area contributed by atoms with E-state index < -0.39 is 0 Å². The second kappa shape index (κ2) is 1.33. The lowest BCUT2D eigenvalue weighted by Gasteiger charge is -2.05. The molecule has 2 aliphatic heterocycles. The lowest BCUT2D eigenvalue weighted by Crippen LogP contribution is -2.17. The Hall–Kier alpha value is -0.340. The molecule has 2 heterocycles. The number of aliphatic hydroxyl groups is 1. The molecule has 8 heavy (non-hydrogen) atoms. The van der Waals surface area contributed by atoms with Gasteiger partial charge in [-0.25, -0.2) is 0 Å². The number of rotatable bonds is 0. The van der Waals surface area contributed by atoms with Gasteiger partial charge in [0.15, 0.2) is 0 Å². The predicted molar refractivity (Wildman–Crippen MR) is 28.4 cm³/mol. The van der Waals surface area contributed by atoms with Gasteiger partial charge in [-0.2, -0.15) is 0 Å². The van der Waals surface area contributed by atoms with Gasteiger partial charge < -0.3 is 9.84 Å². The van der Waals surface area contributed by atoms with Crippen LogP contribution in [0.25, 0.3) is 0 Å². The van der Waals surface area contributed by atoms with Crippen LogP contribution in [0.3, 0.4) is 0 Å². The molecule has 2 aliphatic rings. The van der Waals surface area contributed by atoms with Crippen LogP contribution in [0.15, 0.2) is 12.2 Å². The molecule has 0 spiro atoms. The summed E-state index contributed by atoms with van der Waals surface area (Å²) in [5.74, 6) is 0. The van der Waals surface area contributed by atoms with E-state index in [4.69, 9.17) is 9.84 Å². The molecule has 1 saturated heterocycles. The van der Waals surface area contributed by atoms with Gasteiger partial charge in [-0.15, -0.1) is 0 Å². The molecule has 0 radical (unpaired) electrons. The molecule has 2 heteroatoms. The van der Waals surface area contributed by atoms with Crippen LogP contribution < -0.4 is 0 Å². The average Bonchev–Trinajstić information content (AvgIpc) is 2.23. The van der Waals surface area contributed by atoms with E-state index in [1.807, 2.05) is 12.2 Å². The maximum absolute atomic E-state index is 9.04. The maximum atomic E-state index is 9.04. The van der Waals surface area contributed by atoms with E-state index in [1.165, 1.54) is 0 Å². The average molecular weight is 112 g/mol. The van der Waals surface area contributed by atoms with Crippen molar-refractivity contribution in [2.24, 2.45) is 0 Å². The van der Waals surface area contributed by atoms with E-state index in [9.17, 15) is 0 Å². The molecule has 1 fully saturated rings. The van der Waals surface area contributed by atoms with Crippen molar-refractivity contribution in [2.75, 3.05) is 0 Å². The van der Waals surface area contributed by atoms with Gasteiger partial charge >= 0.3 is 0 Å². The first-order chi connectivity index (χ1) is 3.86. The third kappa shape index (κ3) is 0.443. The highest BCUT2D eigenvalue weighted by Gasteiger charge is 2.34. The Morgan fingerprint density at radius 1 is 1.50 bits per heavy atom.